The van der Waals surface area contributed by atoms with Crippen molar-refractivity contribution in [1.29, 1.82) is 0 Å². The summed E-state index contributed by atoms with van der Waals surface area (Å²) >= 11 is 1.55. The monoisotopic (exact) mass is 216 g/mol. The first-order valence-electron chi connectivity index (χ1n) is 4.10. The number of carboxylic acid groups (broad SMARTS) is 1. The fraction of sp³-hybridized carbons (Fsp3) is 0.444. The molecule has 1 heterocycles. The minimum atomic E-state index is -1.04. The van der Waals surface area contributed by atoms with Gasteiger partial charge < -0.3 is 14.3 Å². The second-order valence-electron chi connectivity index (χ2n) is 2.69. The van der Waals surface area contributed by atoms with Gasteiger partial charge in [0, 0.05) is 7.11 Å². The number of hydrogen-bond acceptors (Lipinski definition) is 4. The highest BCUT2D eigenvalue weighted by atomic mass is 32.2. The Kier molecular flexibility index (Phi) is 4.03. The standard InChI is InChI=1S/C9H12O4S/c1-6(12-2)14-5-7-3-4-8(13-7)9(10)11/h3-4,6H,5H2,1-2H3,(H,10,11). The molecule has 0 amide bonds. The summed E-state index contributed by atoms with van der Waals surface area (Å²) in [6, 6.07) is 3.12. The van der Waals surface area contributed by atoms with E-state index in [1.165, 1.54) is 6.07 Å². The molecule has 1 rings (SSSR count). The largest absolute Gasteiger partial charge is 0.475 e. The van der Waals surface area contributed by atoms with Crippen LogP contribution in [0.2, 0.25) is 0 Å². The number of carboxylic acids is 1. The van der Waals surface area contributed by atoms with Gasteiger partial charge in [-0.1, -0.05) is 0 Å². The molecule has 1 aromatic rings. The number of methoxy groups -OCH3 is 1. The first-order chi connectivity index (χ1) is 6.63. The Balaban J connectivity index is 2.48. The third kappa shape index (κ3) is 3.08. The van der Waals surface area contributed by atoms with Crippen molar-refractivity contribution in [2.75, 3.05) is 7.11 Å². The molecule has 0 aliphatic heterocycles. The SMILES string of the molecule is COC(C)SCc1ccc(C(=O)O)o1. The highest BCUT2D eigenvalue weighted by Gasteiger charge is 2.09. The minimum absolute atomic E-state index is 0.0225. The zero-order valence-electron chi connectivity index (χ0n) is 8.02. The Bertz CT molecular complexity index is 308. The normalized spacial score (nSPS) is 12.7. The maximum absolute atomic E-state index is 10.5. The van der Waals surface area contributed by atoms with Gasteiger partial charge in [0.05, 0.1) is 11.2 Å². The van der Waals surface area contributed by atoms with Crippen molar-refractivity contribution in [3.05, 3.63) is 23.7 Å². The van der Waals surface area contributed by atoms with Crippen LogP contribution in [0.4, 0.5) is 0 Å². The van der Waals surface area contributed by atoms with Gasteiger partial charge in [-0.05, 0) is 19.1 Å². The van der Waals surface area contributed by atoms with Crippen molar-refractivity contribution in [2.45, 2.75) is 18.1 Å². The van der Waals surface area contributed by atoms with E-state index in [0.29, 0.717) is 11.5 Å². The van der Waals surface area contributed by atoms with Crippen molar-refractivity contribution in [3.63, 3.8) is 0 Å². The first-order valence-corrected chi connectivity index (χ1v) is 5.14. The van der Waals surface area contributed by atoms with Crippen molar-refractivity contribution in [3.8, 4) is 0 Å². The molecule has 1 aromatic heterocycles. The Labute approximate surface area is 86.2 Å². The highest BCUT2D eigenvalue weighted by Crippen LogP contribution is 2.19. The molecule has 0 saturated heterocycles. The van der Waals surface area contributed by atoms with Crippen LogP contribution in [0.3, 0.4) is 0 Å². The summed E-state index contributed by atoms with van der Waals surface area (Å²) < 4.78 is 10.1. The van der Waals surface area contributed by atoms with Crippen LogP contribution in [-0.2, 0) is 10.5 Å². The Morgan fingerprint density at radius 2 is 2.43 bits per heavy atom. The average molecular weight is 216 g/mol. The summed E-state index contributed by atoms with van der Waals surface area (Å²) in [6.45, 7) is 1.92. The second-order valence-corrected chi connectivity index (χ2v) is 3.97. The number of ether oxygens (including phenoxy) is 1. The Morgan fingerprint density at radius 3 is 2.93 bits per heavy atom. The van der Waals surface area contributed by atoms with Gasteiger partial charge in [-0.25, -0.2) is 4.79 Å². The van der Waals surface area contributed by atoms with E-state index in [1.54, 1.807) is 24.9 Å². The molecule has 1 unspecified atom stereocenters. The molecule has 78 valence electrons. The molecular formula is C9H12O4S. The van der Waals surface area contributed by atoms with E-state index in [-0.39, 0.29) is 11.2 Å². The smallest absolute Gasteiger partial charge is 0.371 e. The van der Waals surface area contributed by atoms with Gasteiger partial charge in [0.25, 0.3) is 0 Å². The lowest BCUT2D eigenvalue weighted by Crippen LogP contribution is -1.98. The fourth-order valence-corrected chi connectivity index (χ4v) is 1.53. The number of hydrogen-bond donors (Lipinski definition) is 1. The van der Waals surface area contributed by atoms with Gasteiger partial charge in [0.15, 0.2) is 0 Å². The maximum Gasteiger partial charge on any atom is 0.371 e. The second kappa shape index (κ2) is 5.07. The van der Waals surface area contributed by atoms with Crippen LogP contribution >= 0.6 is 11.8 Å². The van der Waals surface area contributed by atoms with Gasteiger partial charge in [-0.2, -0.15) is 0 Å². The van der Waals surface area contributed by atoms with E-state index >= 15 is 0 Å². The molecule has 0 radical (unpaired) electrons. The Morgan fingerprint density at radius 1 is 1.71 bits per heavy atom. The number of rotatable bonds is 5. The van der Waals surface area contributed by atoms with Gasteiger partial charge >= 0.3 is 5.97 Å². The van der Waals surface area contributed by atoms with E-state index in [0.717, 1.165) is 0 Å². The molecule has 0 bridgehead atoms. The number of carbonyl (C=O) groups is 1. The molecule has 0 saturated carbocycles. The first kappa shape index (κ1) is 11.1. The fourth-order valence-electron chi connectivity index (χ4n) is 0.838. The van der Waals surface area contributed by atoms with E-state index < -0.39 is 5.97 Å². The lowest BCUT2D eigenvalue weighted by molar-refractivity contribution is 0.0661. The summed E-state index contributed by atoms with van der Waals surface area (Å²) in [5.74, 6) is 0.199. The number of furan rings is 1. The zero-order valence-corrected chi connectivity index (χ0v) is 8.84. The maximum atomic E-state index is 10.5. The zero-order chi connectivity index (χ0) is 10.6. The van der Waals surface area contributed by atoms with Crippen LogP contribution in [0, 0.1) is 0 Å². The van der Waals surface area contributed by atoms with E-state index in [9.17, 15) is 4.79 Å². The predicted octanol–water partition coefficient (Wildman–Crippen LogP) is 2.20. The van der Waals surface area contributed by atoms with Gasteiger partial charge in [-0.3, -0.25) is 0 Å². The van der Waals surface area contributed by atoms with Crippen molar-refractivity contribution in [1.82, 2.24) is 0 Å². The molecule has 4 nitrogen and oxygen atoms in total. The van der Waals surface area contributed by atoms with Gasteiger partial charge in [-0.15, -0.1) is 11.8 Å². The van der Waals surface area contributed by atoms with Crippen LogP contribution in [0.25, 0.3) is 0 Å². The van der Waals surface area contributed by atoms with Crippen LogP contribution in [0.15, 0.2) is 16.5 Å². The molecular weight excluding hydrogens is 204 g/mol. The van der Waals surface area contributed by atoms with Gasteiger partial charge in [0.2, 0.25) is 5.76 Å². The summed E-state index contributed by atoms with van der Waals surface area (Å²) in [7, 11) is 1.63. The Hall–Kier alpha value is -0.940. The predicted molar refractivity (Wildman–Crippen MR) is 53.4 cm³/mol. The molecule has 1 N–H and O–H groups in total. The highest BCUT2D eigenvalue weighted by molar-refractivity contribution is 7.98. The van der Waals surface area contributed by atoms with Crippen molar-refractivity contribution >= 4 is 17.7 Å². The molecule has 0 fully saturated rings. The number of aromatic carboxylic acids is 1. The summed E-state index contributed by atoms with van der Waals surface area (Å²) in [4.78, 5) is 10.5. The van der Waals surface area contributed by atoms with Crippen molar-refractivity contribution in [2.24, 2.45) is 0 Å². The molecule has 14 heavy (non-hydrogen) atoms. The van der Waals surface area contributed by atoms with Gasteiger partial charge in [0.1, 0.15) is 5.76 Å². The topological polar surface area (TPSA) is 59.7 Å². The van der Waals surface area contributed by atoms with E-state index in [4.69, 9.17) is 14.3 Å². The third-order valence-corrected chi connectivity index (χ3v) is 2.78. The molecule has 0 aliphatic carbocycles. The molecule has 5 heteroatoms. The summed E-state index contributed by atoms with van der Waals surface area (Å²) in [5.41, 5.74) is 0.0772. The van der Waals surface area contributed by atoms with E-state index in [2.05, 4.69) is 0 Å². The summed E-state index contributed by atoms with van der Waals surface area (Å²) in [5, 5.41) is 8.60. The average Bonchev–Trinajstić information content (AvgIpc) is 2.62. The van der Waals surface area contributed by atoms with Crippen LogP contribution in [-0.4, -0.2) is 23.6 Å². The molecule has 0 aromatic carbocycles. The summed E-state index contributed by atoms with van der Waals surface area (Å²) in [6.07, 6.45) is 0. The molecule has 0 aliphatic rings. The third-order valence-electron chi connectivity index (χ3n) is 1.66. The number of thioether (sulfide) groups is 1. The van der Waals surface area contributed by atoms with Crippen LogP contribution < -0.4 is 0 Å². The van der Waals surface area contributed by atoms with Crippen molar-refractivity contribution < 1.29 is 19.1 Å². The lowest BCUT2D eigenvalue weighted by Gasteiger charge is -2.06. The molecule has 1 atom stereocenters. The molecule has 0 spiro atoms. The van der Waals surface area contributed by atoms with Crippen LogP contribution in [0.5, 0.6) is 0 Å². The van der Waals surface area contributed by atoms with E-state index in [1.807, 2.05) is 6.92 Å². The van der Waals surface area contributed by atoms with Crippen LogP contribution in [0.1, 0.15) is 23.2 Å². The quantitative estimate of drug-likeness (QED) is 0.764. The lowest BCUT2D eigenvalue weighted by atomic mass is 10.4. The minimum Gasteiger partial charge on any atom is -0.475 e.